The molecule has 0 radical (unpaired) electrons. The first-order chi connectivity index (χ1) is 5.86. The van der Waals surface area contributed by atoms with Crippen molar-refractivity contribution in [2.75, 3.05) is 0 Å². The van der Waals surface area contributed by atoms with E-state index in [0.29, 0.717) is 0 Å². The van der Waals surface area contributed by atoms with E-state index in [1.807, 2.05) is 0 Å². The zero-order chi connectivity index (χ0) is 8.39. The molecule has 2 rings (SSSR count). The Morgan fingerprint density at radius 2 is 2.17 bits per heavy atom. The SMILES string of the molecule is Cc1cccc(C2=CCCC2)c1. The van der Waals surface area contributed by atoms with Crippen molar-refractivity contribution < 1.29 is 0 Å². The summed E-state index contributed by atoms with van der Waals surface area (Å²) in [6.07, 6.45) is 6.24. The lowest BCUT2D eigenvalue weighted by Crippen LogP contribution is -1.81. The van der Waals surface area contributed by atoms with Gasteiger partial charge in [-0.2, -0.15) is 0 Å². The minimum atomic E-state index is 1.27. The van der Waals surface area contributed by atoms with Gasteiger partial charge in [-0.25, -0.2) is 0 Å². The minimum Gasteiger partial charge on any atom is -0.0807 e. The van der Waals surface area contributed by atoms with Gasteiger partial charge >= 0.3 is 0 Å². The van der Waals surface area contributed by atoms with Crippen molar-refractivity contribution in [1.82, 2.24) is 0 Å². The third-order valence-electron chi connectivity index (χ3n) is 2.43. The van der Waals surface area contributed by atoms with E-state index in [0.717, 1.165) is 0 Å². The van der Waals surface area contributed by atoms with E-state index in [9.17, 15) is 0 Å². The fraction of sp³-hybridized carbons (Fsp3) is 0.333. The first-order valence-electron chi connectivity index (χ1n) is 4.62. The predicted octanol–water partition coefficient (Wildman–Crippen LogP) is 3.56. The Morgan fingerprint density at radius 3 is 2.83 bits per heavy atom. The number of aryl methyl sites for hydroxylation is 1. The Kier molecular flexibility index (Phi) is 1.99. The molecule has 0 heterocycles. The van der Waals surface area contributed by atoms with Crippen molar-refractivity contribution in [1.29, 1.82) is 0 Å². The van der Waals surface area contributed by atoms with Crippen LogP contribution in [0.15, 0.2) is 30.3 Å². The highest BCUT2D eigenvalue weighted by Gasteiger charge is 2.05. The van der Waals surface area contributed by atoms with Gasteiger partial charge in [-0.3, -0.25) is 0 Å². The maximum atomic E-state index is 2.37. The lowest BCUT2D eigenvalue weighted by Gasteiger charge is -2.02. The van der Waals surface area contributed by atoms with Crippen molar-refractivity contribution in [3.05, 3.63) is 41.5 Å². The molecule has 0 amide bonds. The third-order valence-corrected chi connectivity index (χ3v) is 2.43. The Labute approximate surface area is 73.9 Å². The van der Waals surface area contributed by atoms with E-state index < -0.39 is 0 Å². The molecule has 0 atom stereocenters. The zero-order valence-corrected chi connectivity index (χ0v) is 7.51. The van der Waals surface area contributed by atoms with Gasteiger partial charge in [-0.15, -0.1) is 0 Å². The van der Waals surface area contributed by atoms with Crippen LogP contribution in [0.2, 0.25) is 0 Å². The monoisotopic (exact) mass is 158 g/mol. The molecule has 0 aliphatic heterocycles. The number of rotatable bonds is 1. The summed E-state index contributed by atoms with van der Waals surface area (Å²) in [5, 5.41) is 0. The highest BCUT2D eigenvalue weighted by atomic mass is 14.1. The van der Waals surface area contributed by atoms with Crippen LogP contribution in [0.25, 0.3) is 5.57 Å². The van der Waals surface area contributed by atoms with E-state index in [2.05, 4.69) is 37.3 Å². The average molecular weight is 158 g/mol. The summed E-state index contributed by atoms with van der Waals surface area (Å²) < 4.78 is 0. The van der Waals surface area contributed by atoms with Crippen molar-refractivity contribution in [2.24, 2.45) is 0 Å². The van der Waals surface area contributed by atoms with E-state index in [-0.39, 0.29) is 0 Å². The summed E-state index contributed by atoms with van der Waals surface area (Å²) in [6, 6.07) is 8.78. The van der Waals surface area contributed by atoms with Crippen LogP contribution in [-0.4, -0.2) is 0 Å². The first-order valence-corrected chi connectivity index (χ1v) is 4.62. The lowest BCUT2D eigenvalue weighted by atomic mass is 10.0. The second-order valence-corrected chi connectivity index (χ2v) is 3.49. The molecule has 0 unspecified atom stereocenters. The quantitative estimate of drug-likeness (QED) is 0.586. The van der Waals surface area contributed by atoms with Gasteiger partial charge < -0.3 is 0 Å². The minimum absolute atomic E-state index is 1.27. The van der Waals surface area contributed by atoms with Crippen LogP contribution >= 0.6 is 0 Å². The van der Waals surface area contributed by atoms with Crippen LogP contribution in [0.1, 0.15) is 30.4 Å². The molecule has 0 bridgehead atoms. The van der Waals surface area contributed by atoms with Crippen LogP contribution < -0.4 is 0 Å². The highest BCUT2D eigenvalue weighted by Crippen LogP contribution is 2.27. The van der Waals surface area contributed by atoms with Gasteiger partial charge in [0.2, 0.25) is 0 Å². The summed E-state index contributed by atoms with van der Waals surface area (Å²) in [5.41, 5.74) is 4.33. The Hall–Kier alpha value is -1.04. The fourth-order valence-electron chi connectivity index (χ4n) is 1.78. The lowest BCUT2D eigenvalue weighted by molar-refractivity contribution is 0.935. The van der Waals surface area contributed by atoms with Crippen LogP contribution in [0.4, 0.5) is 0 Å². The highest BCUT2D eigenvalue weighted by molar-refractivity contribution is 5.67. The maximum absolute atomic E-state index is 2.37. The second-order valence-electron chi connectivity index (χ2n) is 3.49. The van der Waals surface area contributed by atoms with Gasteiger partial charge in [0, 0.05) is 0 Å². The Bertz CT molecular complexity index is 308. The van der Waals surface area contributed by atoms with Gasteiger partial charge in [0.05, 0.1) is 0 Å². The molecule has 1 aliphatic carbocycles. The van der Waals surface area contributed by atoms with E-state index in [1.54, 1.807) is 5.57 Å². The molecule has 0 saturated carbocycles. The smallest absolute Gasteiger partial charge is 0.0225 e. The zero-order valence-electron chi connectivity index (χ0n) is 7.51. The Morgan fingerprint density at radius 1 is 1.25 bits per heavy atom. The van der Waals surface area contributed by atoms with E-state index in [1.165, 1.54) is 30.4 Å². The average Bonchev–Trinajstić information content (AvgIpc) is 2.56. The molecule has 0 nitrogen and oxygen atoms in total. The second kappa shape index (κ2) is 3.14. The Balaban J connectivity index is 2.33. The molecular weight excluding hydrogens is 144 g/mol. The van der Waals surface area contributed by atoms with Gasteiger partial charge in [0.15, 0.2) is 0 Å². The maximum Gasteiger partial charge on any atom is -0.0225 e. The molecule has 0 aromatic heterocycles. The molecule has 62 valence electrons. The van der Waals surface area contributed by atoms with E-state index in [4.69, 9.17) is 0 Å². The summed E-state index contributed by atoms with van der Waals surface area (Å²) in [5.74, 6) is 0. The number of benzene rings is 1. The van der Waals surface area contributed by atoms with Crippen molar-refractivity contribution in [2.45, 2.75) is 26.2 Å². The normalized spacial score (nSPS) is 16.2. The number of allylic oxidation sites excluding steroid dienone is 2. The molecule has 12 heavy (non-hydrogen) atoms. The van der Waals surface area contributed by atoms with E-state index >= 15 is 0 Å². The molecular formula is C12H14. The fourth-order valence-corrected chi connectivity index (χ4v) is 1.78. The van der Waals surface area contributed by atoms with Gasteiger partial charge in [0.1, 0.15) is 0 Å². The molecule has 1 aliphatic rings. The summed E-state index contributed by atoms with van der Waals surface area (Å²) >= 11 is 0. The van der Waals surface area contributed by atoms with Crippen LogP contribution in [0.5, 0.6) is 0 Å². The summed E-state index contributed by atoms with van der Waals surface area (Å²) in [7, 11) is 0. The molecule has 1 aromatic rings. The first kappa shape index (κ1) is 7.60. The molecule has 0 heteroatoms. The van der Waals surface area contributed by atoms with Crippen molar-refractivity contribution >= 4 is 5.57 Å². The van der Waals surface area contributed by atoms with Gasteiger partial charge in [0.25, 0.3) is 0 Å². The summed E-state index contributed by atoms with van der Waals surface area (Å²) in [4.78, 5) is 0. The number of hydrogen-bond donors (Lipinski definition) is 0. The van der Waals surface area contributed by atoms with Crippen molar-refractivity contribution in [3.63, 3.8) is 0 Å². The number of hydrogen-bond acceptors (Lipinski definition) is 0. The molecule has 1 aromatic carbocycles. The van der Waals surface area contributed by atoms with Crippen LogP contribution in [0.3, 0.4) is 0 Å². The molecule has 0 N–H and O–H groups in total. The topological polar surface area (TPSA) is 0 Å². The predicted molar refractivity (Wildman–Crippen MR) is 53.0 cm³/mol. The van der Waals surface area contributed by atoms with Gasteiger partial charge in [-0.05, 0) is 37.3 Å². The van der Waals surface area contributed by atoms with Crippen LogP contribution in [-0.2, 0) is 0 Å². The molecule has 0 spiro atoms. The molecule has 0 saturated heterocycles. The summed E-state index contributed by atoms with van der Waals surface area (Å²) in [6.45, 7) is 2.15. The van der Waals surface area contributed by atoms with Crippen LogP contribution in [0, 0.1) is 6.92 Å². The van der Waals surface area contributed by atoms with Crippen molar-refractivity contribution in [3.8, 4) is 0 Å². The third kappa shape index (κ3) is 1.42. The standard InChI is InChI=1S/C12H14/c1-10-5-4-8-12(9-10)11-6-2-3-7-11/h4-6,8-9H,2-3,7H2,1H3. The van der Waals surface area contributed by atoms with Gasteiger partial charge in [-0.1, -0.05) is 35.9 Å². The largest absolute Gasteiger partial charge is 0.0807 e. The molecule has 0 fully saturated rings.